The molecule has 1 heterocycles. The van der Waals surface area contributed by atoms with Crippen molar-refractivity contribution in [3.05, 3.63) is 90.5 Å². The van der Waals surface area contributed by atoms with Crippen LogP contribution in [0.1, 0.15) is 10.4 Å². The van der Waals surface area contributed by atoms with Crippen LogP contribution in [0.25, 0.3) is 0 Å². The van der Waals surface area contributed by atoms with Gasteiger partial charge in [-0.1, -0.05) is 64.1 Å². The molecule has 5 nitrogen and oxygen atoms in total. The molecule has 1 fully saturated rings. The summed E-state index contributed by atoms with van der Waals surface area (Å²) in [6.07, 6.45) is 0. The lowest BCUT2D eigenvalue weighted by Gasteiger charge is -2.16. The molecule has 4 rings (SSSR count). The molecule has 0 aromatic heterocycles. The Morgan fingerprint density at radius 3 is 2.26 bits per heavy atom. The highest BCUT2D eigenvalue weighted by atomic mass is 79.9. The van der Waals surface area contributed by atoms with Crippen molar-refractivity contribution in [2.24, 2.45) is 4.99 Å². The number of ketones is 1. The number of anilines is 1. The number of aliphatic imine (C=N–C) groups is 1. The Morgan fingerprint density at radius 2 is 1.61 bits per heavy atom. The number of amides is 1. The Balaban J connectivity index is 1.63. The van der Waals surface area contributed by atoms with E-state index in [4.69, 9.17) is 4.74 Å². The van der Waals surface area contributed by atoms with E-state index in [1.54, 1.807) is 24.3 Å². The minimum Gasteiger partial charge on any atom is -0.493 e. The topological polar surface area (TPSA) is 59.0 Å². The fraction of sp³-hybridized carbons (Fsp3) is 0.125. The van der Waals surface area contributed by atoms with Crippen molar-refractivity contribution in [3.8, 4) is 5.75 Å². The van der Waals surface area contributed by atoms with Crippen LogP contribution in [0, 0.1) is 0 Å². The van der Waals surface area contributed by atoms with Gasteiger partial charge in [-0.3, -0.25) is 14.5 Å². The molecule has 1 unspecified atom stereocenters. The quantitative estimate of drug-likeness (QED) is 0.248. The van der Waals surface area contributed by atoms with Crippen LogP contribution in [-0.2, 0) is 4.79 Å². The lowest BCUT2D eigenvalue weighted by atomic mass is 10.1. The van der Waals surface area contributed by atoms with Crippen LogP contribution < -0.4 is 9.64 Å². The first kappa shape index (κ1) is 21.3. The summed E-state index contributed by atoms with van der Waals surface area (Å²) in [5.74, 6) is 0.135. The highest BCUT2D eigenvalue weighted by Gasteiger charge is 2.43. The fourth-order valence-corrected chi connectivity index (χ4v) is 4.39. The first-order valence-corrected chi connectivity index (χ1v) is 11.7. The van der Waals surface area contributed by atoms with Gasteiger partial charge in [0.25, 0.3) is 5.91 Å². The van der Waals surface area contributed by atoms with Gasteiger partial charge in [-0.15, -0.1) is 0 Å². The Hall–Kier alpha value is -2.90. The van der Waals surface area contributed by atoms with E-state index in [2.05, 4.69) is 20.9 Å². The van der Waals surface area contributed by atoms with Gasteiger partial charge in [-0.05, 0) is 48.5 Å². The van der Waals surface area contributed by atoms with Crippen molar-refractivity contribution in [1.82, 2.24) is 0 Å². The van der Waals surface area contributed by atoms with Crippen molar-refractivity contribution < 1.29 is 14.3 Å². The molecule has 0 aliphatic carbocycles. The Bertz CT molecular complexity index is 1090. The van der Waals surface area contributed by atoms with E-state index in [1.807, 2.05) is 60.7 Å². The van der Waals surface area contributed by atoms with Gasteiger partial charge in [0.2, 0.25) is 0 Å². The number of hydrogen-bond donors (Lipinski definition) is 0. The average Bonchev–Trinajstić information content (AvgIpc) is 3.14. The van der Waals surface area contributed by atoms with Crippen LogP contribution in [0.15, 0.2) is 89.9 Å². The standard InChI is InChI=1S/C24H19BrN2O3S/c25-15-16-30-20-13-11-17(12-14-20)21(28)22-23(29)27(19-9-5-2-6-10-19)24(31-22)26-18-7-3-1-4-8-18/h1-14,22H,15-16H2. The number of ether oxygens (including phenoxy) is 1. The molecule has 1 saturated heterocycles. The predicted octanol–water partition coefficient (Wildman–Crippen LogP) is 5.48. The first-order valence-electron chi connectivity index (χ1n) is 9.70. The summed E-state index contributed by atoms with van der Waals surface area (Å²) in [5.41, 5.74) is 1.87. The second kappa shape index (κ2) is 9.94. The van der Waals surface area contributed by atoms with E-state index in [9.17, 15) is 9.59 Å². The summed E-state index contributed by atoms with van der Waals surface area (Å²) < 4.78 is 5.54. The maximum Gasteiger partial charge on any atom is 0.254 e. The number of alkyl halides is 1. The summed E-state index contributed by atoms with van der Waals surface area (Å²) >= 11 is 4.49. The van der Waals surface area contributed by atoms with Crippen molar-refractivity contribution in [2.75, 3.05) is 16.8 Å². The Labute approximate surface area is 193 Å². The van der Waals surface area contributed by atoms with Gasteiger partial charge in [0.15, 0.2) is 16.2 Å². The fourth-order valence-electron chi connectivity index (χ4n) is 3.11. The van der Waals surface area contributed by atoms with Gasteiger partial charge in [0, 0.05) is 10.9 Å². The van der Waals surface area contributed by atoms with Gasteiger partial charge in [-0.25, -0.2) is 4.99 Å². The third kappa shape index (κ3) is 4.89. The van der Waals surface area contributed by atoms with Crippen molar-refractivity contribution in [2.45, 2.75) is 5.25 Å². The number of thioether (sulfide) groups is 1. The molecule has 0 N–H and O–H groups in total. The van der Waals surface area contributed by atoms with Gasteiger partial charge in [0.1, 0.15) is 5.75 Å². The highest BCUT2D eigenvalue weighted by molar-refractivity contribution is 9.09. The molecule has 0 bridgehead atoms. The third-order valence-electron chi connectivity index (χ3n) is 4.58. The van der Waals surface area contributed by atoms with Gasteiger partial charge in [-0.2, -0.15) is 0 Å². The number of carbonyl (C=O) groups is 2. The molecule has 3 aromatic rings. The van der Waals surface area contributed by atoms with Crippen molar-refractivity contribution >= 4 is 55.9 Å². The van der Waals surface area contributed by atoms with Crippen LogP contribution >= 0.6 is 27.7 Å². The minimum absolute atomic E-state index is 0.249. The van der Waals surface area contributed by atoms with E-state index in [1.165, 1.54) is 16.7 Å². The maximum atomic E-state index is 13.3. The summed E-state index contributed by atoms with van der Waals surface area (Å²) in [7, 11) is 0. The monoisotopic (exact) mass is 494 g/mol. The predicted molar refractivity (Wildman–Crippen MR) is 129 cm³/mol. The molecule has 0 saturated carbocycles. The number of amidine groups is 1. The molecule has 0 radical (unpaired) electrons. The van der Waals surface area contributed by atoms with E-state index in [0.29, 0.717) is 28.8 Å². The highest BCUT2D eigenvalue weighted by Crippen LogP contribution is 2.35. The summed E-state index contributed by atoms with van der Waals surface area (Å²) in [6.45, 7) is 0.537. The molecule has 156 valence electrons. The maximum absolute atomic E-state index is 13.3. The molecule has 31 heavy (non-hydrogen) atoms. The van der Waals surface area contributed by atoms with E-state index in [0.717, 1.165) is 11.0 Å². The van der Waals surface area contributed by atoms with Crippen molar-refractivity contribution in [1.29, 1.82) is 0 Å². The summed E-state index contributed by atoms with van der Waals surface area (Å²) in [5, 5.41) is 0.315. The smallest absolute Gasteiger partial charge is 0.254 e. The number of benzene rings is 3. The molecular weight excluding hydrogens is 476 g/mol. The summed E-state index contributed by atoms with van der Waals surface area (Å²) in [6, 6.07) is 25.5. The van der Waals surface area contributed by atoms with E-state index >= 15 is 0 Å². The SMILES string of the molecule is O=C(c1ccc(OCCBr)cc1)C1SC(=Nc2ccccc2)N(c2ccccc2)C1=O. The molecule has 3 aromatic carbocycles. The Kier molecular flexibility index (Phi) is 6.84. The number of para-hydroxylation sites is 2. The van der Waals surface area contributed by atoms with Crippen LogP contribution in [0.2, 0.25) is 0 Å². The first-order chi connectivity index (χ1) is 15.2. The number of nitrogens with zero attached hydrogens (tertiary/aromatic N) is 2. The van der Waals surface area contributed by atoms with Crippen LogP contribution in [-0.4, -0.2) is 34.0 Å². The molecule has 1 aliphatic rings. The van der Waals surface area contributed by atoms with Crippen LogP contribution in [0.5, 0.6) is 5.75 Å². The lowest BCUT2D eigenvalue weighted by Crippen LogP contribution is -2.35. The molecular formula is C24H19BrN2O3S. The average molecular weight is 495 g/mol. The van der Waals surface area contributed by atoms with Crippen LogP contribution in [0.4, 0.5) is 11.4 Å². The van der Waals surface area contributed by atoms with E-state index in [-0.39, 0.29) is 11.7 Å². The second-order valence-corrected chi connectivity index (χ2v) is 8.53. The normalized spacial score (nSPS) is 17.2. The van der Waals surface area contributed by atoms with Gasteiger partial charge < -0.3 is 4.74 Å². The third-order valence-corrected chi connectivity index (χ3v) is 6.04. The number of Topliss-reactive ketones (excluding diaryl/α,β-unsaturated/α-hetero) is 1. The zero-order valence-corrected chi connectivity index (χ0v) is 18.9. The largest absolute Gasteiger partial charge is 0.493 e. The summed E-state index contributed by atoms with van der Waals surface area (Å²) in [4.78, 5) is 32.7. The second-order valence-electron chi connectivity index (χ2n) is 6.66. The van der Waals surface area contributed by atoms with Gasteiger partial charge in [0.05, 0.1) is 18.0 Å². The molecule has 0 spiro atoms. The van der Waals surface area contributed by atoms with Crippen molar-refractivity contribution in [3.63, 3.8) is 0 Å². The van der Waals surface area contributed by atoms with Crippen LogP contribution in [0.3, 0.4) is 0 Å². The van der Waals surface area contributed by atoms with Gasteiger partial charge >= 0.3 is 0 Å². The number of hydrogen-bond acceptors (Lipinski definition) is 5. The molecule has 7 heteroatoms. The lowest BCUT2D eigenvalue weighted by molar-refractivity contribution is -0.116. The number of carbonyl (C=O) groups excluding carboxylic acids is 2. The number of rotatable bonds is 7. The zero-order chi connectivity index (χ0) is 21.6. The minimum atomic E-state index is -0.892. The van der Waals surface area contributed by atoms with E-state index < -0.39 is 5.25 Å². The number of halogens is 1. The molecule has 1 amide bonds. The Morgan fingerprint density at radius 1 is 0.968 bits per heavy atom. The molecule has 1 atom stereocenters. The molecule has 1 aliphatic heterocycles. The zero-order valence-electron chi connectivity index (χ0n) is 16.5.